The number of nitrogen functional groups attached to an aromatic ring is 1. The van der Waals surface area contributed by atoms with E-state index in [1.807, 2.05) is 24.3 Å². The molecule has 16 heteroatoms. The molecule has 1 saturated heterocycles. The molecule has 192 valence electrons. The number of anilines is 1. The van der Waals surface area contributed by atoms with E-state index in [0.717, 1.165) is 31.3 Å². The zero-order chi connectivity index (χ0) is 26.1. The predicted molar refractivity (Wildman–Crippen MR) is 134 cm³/mol. The summed E-state index contributed by atoms with van der Waals surface area (Å²) in [5, 5.41) is 20.9. The van der Waals surface area contributed by atoms with Gasteiger partial charge in [0.1, 0.15) is 25.0 Å². The van der Waals surface area contributed by atoms with Gasteiger partial charge in [-0.2, -0.15) is 4.37 Å². The first kappa shape index (κ1) is 28.4. The number of carbonyl (C=O) groups excluding carboxylic acids is 3. The number of hydrogen-bond donors (Lipinski definition) is 2. The van der Waals surface area contributed by atoms with Gasteiger partial charge in [-0.1, -0.05) is 35.1 Å². The molecule has 0 unspecified atom stereocenters. The number of allylic oxidation sites excluding steroid dienone is 1. The molecule has 0 aliphatic carbocycles. The molecular weight excluding hydrogens is 566 g/mol. The summed E-state index contributed by atoms with van der Waals surface area (Å²) in [6, 6.07) is 5.94. The van der Waals surface area contributed by atoms with Gasteiger partial charge in [0, 0.05) is 15.7 Å². The van der Waals surface area contributed by atoms with Crippen molar-refractivity contribution in [1.82, 2.24) is 19.6 Å². The maximum atomic E-state index is 13.0. The summed E-state index contributed by atoms with van der Waals surface area (Å²) in [4.78, 5) is 48.6. The van der Waals surface area contributed by atoms with E-state index in [-0.39, 0.29) is 58.4 Å². The summed E-state index contributed by atoms with van der Waals surface area (Å²) in [6.07, 6.45) is 0.783. The molecule has 0 saturated carbocycles. The van der Waals surface area contributed by atoms with Crippen LogP contribution in [0.1, 0.15) is 18.5 Å². The van der Waals surface area contributed by atoms with Crippen molar-refractivity contribution in [3.63, 3.8) is 0 Å². The molecule has 1 aromatic carbocycles. The van der Waals surface area contributed by atoms with E-state index < -0.39 is 36.5 Å². The van der Waals surface area contributed by atoms with E-state index in [2.05, 4.69) is 19.8 Å². The molecule has 2 atom stereocenters. The molecule has 4 heterocycles. The second-order valence-electron chi connectivity index (χ2n) is 7.95. The number of nitrogens with one attached hydrogen (secondary N) is 1. The van der Waals surface area contributed by atoms with E-state index >= 15 is 0 Å². The van der Waals surface area contributed by atoms with Crippen LogP contribution in [-0.2, 0) is 19.2 Å². The van der Waals surface area contributed by atoms with Gasteiger partial charge in [-0.3, -0.25) is 9.59 Å². The Balaban J connectivity index is 0.00000336. The predicted octanol–water partition coefficient (Wildman–Crippen LogP) is -1.73. The number of carbonyl (C=O) groups is 3. The van der Waals surface area contributed by atoms with Gasteiger partial charge in [-0.25, -0.2) is 9.37 Å². The Morgan fingerprint density at radius 2 is 2.16 bits per heavy atom. The number of oxime groups is 1. The van der Waals surface area contributed by atoms with Gasteiger partial charge in [-0.05, 0) is 30.4 Å². The smallest absolute Gasteiger partial charge is 0.543 e. The number of carboxylic acids is 1. The molecule has 3 aromatic rings. The third-order valence-corrected chi connectivity index (χ3v) is 8.61. The number of fused-ring (bicyclic) bond motifs is 2. The van der Waals surface area contributed by atoms with Crippen LogP contribution in [0.4, 0.5) is 9.52 Å². The maximum absolute atomic E-state index is 13.0. The van der Waals surface area contributed by atoms with Crippen LogP contribution in [0.5, 0.6) is 0 Å². The summed E-state index contributed by atoms with van der Waals surface area (Å²) in [6.45, 7) is -1.18. The number of thioether (sulfide) groups is 1. The van der Waals surface area contributed by atoms with E-state index in [9.17, 15) is 23.9 Å². The summed E-state index contributed by atoms with van der Waals surface area (Å²) >= 11 is 3.58. The van der Waals surface area contributed by atoms with Gasteiger partial charge in [0.05, 0.1) is 27.4 Å². The van der Waals surface area contributed by atoms with E-state index in [4.69, 9.17) is 10.6 Å². The number of amides is 2. The summed E-state index contributed by atoms with van der Waals surface area (Å²) in [5.41, 5.74) is 6.08. The van der Waals surface area contributed by atoms with Crippen LogP contribution in [0.3, 0.4) is 0 Å². The fourth-order valence-corrected chi connectivity index (χ4v) is 6.85. The van der Waals surface area contributed by atoms with Crippen LogP contribution in [0, 0.1) is 0 Å². The van der Waals surface area contributed by atoms with Crippen molar-refractivity contribution in [3.05, 3.63) is 45.9 Å². The second kappa shape index (κ2) is 12.1. The Hall–Kier alpha value is -2.56. The van der Waals surface area contributed by atoms with Crippen LogP contribution in [0.25, 0.3) is 10.9 Å². The number of halogens is 1. The Morgan fingerprint density at radius 1 is 1.37 bits per heavy atom. The maximum Gasteiger partial charge on any atom is 1.00 e. The Morgan fingerprint density at radius 3 is 2.87 bits per heavy atom. The van der Waals surface area contributed by atoms with E-state index in [1.54, 1.807) is 0 Å². The zero-order valence-electron chi connectivity index (χ0n) is 19.9. The fourth-order valence-electron chi connectivity index (χ4n) is 4.12. The number of aromatic nitrogens is 2. The van der Waals surface area contributed by atoms with Crippen LogP contribution < -0.4 is 45.7 Å². The van der Waals surface area contributed by atoms with Crippen molar-refractivity contribution in [1.29, 1.82) is 0 Å². The molecule has 11 nitrogen and oxygen atoms in total. The minimum atomic E-state index is -1.47. The molecule has 2 aliphatic rings. The minimum absolute atomic E-state index is 0. The molecule has 3 N–H and O–H groups in total. The van der Waals surface area contributed by atoms with Gasteiger partial charge < -0.3 is 30.7 Å². The third kappa shape index (κ3) is 5.44. The second-order valence-corrected chi connectivity index (χ2v) is 11.0. The monoisotopic (exact) mass is 584 g/mol. The molecule has 0 bridgehead atoms. The average molecular weight is 585 g/mol. The Kier molecular flexibility index (Phi) is 9.05. The number of aliphatic carboxylic acids is 1. The zero-order valence-corrected chi connectivity index (χ0v) is 24.3. The number of carboxylic acid groups (broad SMARTS) is 1. The normalized spacial score (nSPS) is 19.0. The third-order valence-electron chi connectivity index (χ3n) is 5.74. The van der Waals surface area contributed by atoms with E-state index in [0.29, 0.717) is 17.7 Å². The molecule has 2 amide bonds. The van der Waals surface area contributed by atoms with Gasteiger partial charge in [-0.15, -0.1) is 11.3 Å². The van der Waals surface area contributed by atoms with Crippen LogP contribution in [-0.4, -0.2) is 63.1 Å². The van der Waals surface area contributed by atoms with Crippen LogP contribution in [0.15, 0.2) is 49.6 Å². The van der Waals surface area contributed by atoms with Gasteiger partial charge >= 0.3 is 29.6 Å². The number of benzene rings is 1. The van der Waals surface area contributed by atoms with Crippen molar-refractivity contribution < 1.29 is 58.3 Å². The number of rotatable bonds is 9. The molecule has 38 heavy (non-hydrogen) atoms. The SMILES string of the molecule is Nc1nc(/C(=N\OCCF)C(=O)N[C@@H]2C(=O)N3C(C(=O)[O-])=C(Sc4snc5ccccc45)CC[C@H]23)cs1.[Na+]. The van der Waals surface area contributed by atoms with Crippen LogP contribution in [0.2, 0.25) is 0 Å². The van der Waals surface area contributed by atoms with Crippen LogP contribution >= 0.6 is 34.6 Å². The summed E-state index contributed by atoms with van der Waals surface area (Å²) in [5.74, 6) is -2.84. The number of alkyl halides is 1. The fraction of sp³-hybridized carbons (Fsp3) is 0.273. The first-order valence-corrected chi connectivity index (χ1v) is 13.4. The molecule has 2 aliphatic heterocycles. The Labute approximate surface area is 249 Å². The largest absolute Gasteiger partial charge is 1.00 e. The average Bonchev–Trinajstić information content (AvgIpc) is 3.50. The molecule has 0 spiro atoms. The molecule has 2 aromatic heterocycles. The van der Waals surface area contributed by atoms with Crippen molar-refractivity contribution in [2.45, 2.75) is 29.1 Å². The summed E-state index contributed by atoms with van der Waals surface area (Å²) < 4.78 is 17.7. The Bertz CT molecular complexity index is 1460. The number of nitrogens with zero attached hydrogens (tertiary/aromatic N) is 4. The number of nitrogens with two attached hydrogens (primary N) is 1. The number of β-lactam (4-membered cyclic amide) rings is 1. The molecule has 5 rings (SSSR count). The van der Waals surface area contributed by atoms with Gasteiger partial charge in [0.15, 0.2) is 10.8 Å². The van der Waals surface area contributed by atoms with Crippen molar-refractivity contribution in [2.75, 3.05) is 19.0 Å². The molecule has 1 fully saturated rings. The number of thiazole rings is 1. The standard InChI is InChI=1S/C22H19FN6O5S3.Na/c23-7-8-34-27-15(12-9-35-22(24)25-12)18(30)26-16-13-5-6-14(17(20(32)33)29(13)19(16)31)36-21-10-3-1-2-4-11(10)28-37-21;/h1-4,9,13,16H,5-8H2,(H2,24,25)(H,26,30)(H,32,33);/q;+1/p-1/b27-15+;/t13-,16+;/m1./s1. The van der Waals surface area contributed by atoms with Crippen molar-refractivity contribution in [3.8, 4) is 0 Å². The quantitative estimate of drug-likeness (QED) is 0.0979. The first-order valence-electron chi connectivity index (χ1n) is 11.0. The molecular formula is C22H18FN6NaO5S3. The minimum Gasteiger partial charge on any atom is -0.543 e. The topological polar surface area (TPSA) is 163 Å². The molecule has 0 radical (unpaired) electrons. The number of hydrogen-bond acceptors (Lipinski definition) is 12. The van der Waals surface area contributed by atoms with Gasteiger partial charge in [0.2, 0.25) is 0 Å². The van der Waals surface area contributed by atoms with E-state index in [1.165, 1.54) is 28.7 Å². The summed E-state index contributed by atoms with van der Waals surface area (Å²) in [7, 11) is 0. The van der Waals surface area contributed by atoms with Crippen molar-refractivity contribution >= 4 is 74.2 Å². The van der Waals surface area contributed by atoms with Gasteiger partial charge in [0.25, 0.3) is 11.8 Å². The first-order chi connectivity index (χ1) is 17.9. The van der Waals surface area contributed by atoms with Crippen molar-refractivity contribution in [2.24, 2.45) is 5.16 Å².